The summed E-state index contributed by atoms with van der Waals surface area (Å²) in [6, 6.07) is 13.1. The highest BCUT2D eigenvalue weighted by atomic mass is 19.1. The first-order valence-corrected chi connectivity index (χ1v) is 7.51. The molecule has 0 saturated heterocycles. The van der Waals surface area contributed by atoms with E-state index in [9.17, 15) is 9.18 Å². The van der Waals surface area contributed by atoms with E-state index < -0.39 is 0 Å². The summed E-state index contributed by atoms with van der Waals surface area (Å²) in [6.07, 6.45) is 1.77. The molecule has 120 valence electrons. The molecule has 4 rings (SSSR count). The van der Waals surface area contributed by atoms with Gasteiger partial charge in [-0.3, -0.25) is 9.36 Å². The number of pyridine rings is 1. The number of hydrogen-bond acceptors (Lipinski definition) is 3. The molecule has 2 aromatic carbocycles. The van der Waals surface area contributed by atoms with E-state index >= 15 is 0 Å². The van der Waals surface area contributed by atoms with E-state index in [4.69, 9.17) is 9.47 Å². The van der Waals surface area contributed by atoms with Crippen molar-refractivity contribution in [2.75, 3.05) is 6.79 Å². The van der Waals surface area contributed by atoms with Crippen LogP contribution < -0.4 is 15.0 Å². The molecule has 0 bridgehead atoms. The highest BCUT2D eigenvalue weighted by Crippen LogP contribution is 2.33. The summed E-state index contributed by atoms with van der Waals surface area (Å²) < 4.78 is 25.4. The maximum atomic E-state index is 13.2. The first-order valence-electron chi connectivity index (χ1n) is 7.51. The number of halogens is 1. The van der Waals surface area contributed by atoms with Crippen LogP contribution in [0.4, 0.5) is 4.39 Å². The molecule has 0 N–H and O–H groups in total. The van der Waals surface area contributed by atoms with Crippen molar-refractivity contribution in [1.29, 1.82) is 0 Å². The third-order valence-electron chi connectivity index (χ3n) is 4.05. The minimum atomic E-state index is -0.291. The maximum Gasteiger partial charge on any atom is 0.255 e. The molecular weight excluding hydrogens is 309 g/mol. The Balaban J connectivity index is 1.86. The fourth-order valence-electron chi connectivity index (χ4n) is 2.80. The standard InChI is InChI=1S/C19H14FNO3/c1-12-8-19(22)21(10-16(12)13-2-4-14(20)5-3-13)15-6-7-17-18(9-15)24-11-23-17/h2-10H,11H2,1H3. The highest BCUT2D eigenvalue weighted by molar-refractivity contribution is 5.66. The molecule has 0 spiro atoms. The van der Waals surface area contributed by atoms with Crippen LogP contribution in [0, 0.1) is 12.7 Å². The molecular formula is C19H14FNO3. The number of benzene rings is 2. The number of aryl methyl sites for hydroxylation is 1. The monoisotopic (exact) mass is 323 g/mol. The first-order chi connectivity index (χ1) is 11.6. The number of fused-ring (bicyclic) bond motifs is 1. The molecule has 24 heavy (non-hydrogen) atoms. The van der Waals surface area contributed by atoms with Gasteiger partial charge in [-0.2, -0.15) is 0 Å². The number of aromatic nitrogens is 1. The summed E-state index contributed by atoms with van der Waals surface area (Å²) in [5.74, 6) is 0.987. The third kappa shape index (κ3) is 2.44. The zero-order valence-electron chi connectivity index (χ0n) is 13.0. The zero-order chi connectivity index (χ0) is 16.7. The molecule has 4 nitrogen and oxygen atoms in total. The Morgan fingerprint density at radius 1 is 1.00 bits per heavy atom. The minimum Gasteiger partial charge on any atom is -0.454 e. The second-order valence-corrected chi connectivity index (χ2v) is 5.62. The average Bonchev–Trinajstić information content (AvgIpc) is 3.04. The molecule has 0 radical (unpaired) electrons. The van der Waals surface area contributed by atoms with Gasteiger partial charge in [-0.1, -0.05) is 12.1 Å². The van der Waals surface area contributed by atoms with Gasteiger partial charge in [0.2, 0.25) is 6.79 Å². The smallest absolute Gasteiger partial charge is 0.255 e. The molecule has 2 heterocycles. The Morgan fingerprint density at radius 2 is 1.75 bits per heavy atom. The van der Waals surface area contributed by atoms with Gasteiger partial charge in [0.25, 0.3) is 5.56 Å². The first kappa shape index (κ1) is 14.5. The van der Waals surface area contributed by atoms with Crippen LogP contribution in [0.15, 0.2) is 59.5 Å². The van der Waals surface area contributed by atoms with Crippen LogP contribution in [-0.4, -0.2) is 11.4 Å². The van der Waals surface area contributed by atoms with Gasteiger partial charge >= 0.3 is 0 Å². The van der Waals surface area contributed by atoms with Crippen LogP contribution in [0.3, 0.4) is 0 Å². The van der Waals surface area contributed by atoms with Gasteiger partial charge in [-0.05, 0) is 42.3 Å². The Hall–Kier alpha value is -3.08. The maximum absolute atomic E-state index is 13.2. The number of nitrogens with zero attached hydrogens (tertiary/aromatic N) is 1. The lowest BCUT2D eigenvalue weighted by Crippen LogP contribution is -2.17. The van der Waals surface area contributed by atoms with Crippen LogP contribution in [0.5, 0.6) is 11.5 Å². The van der Waals surface area contributed by atoms with Crippen molar-refractivity contribution < 1.29 is 13.9 Å². The Bertz CT molecular complexity index is 977. The lowest BCUT2D eigenvalue weighted by molar-refractivity contribution is 0.174. The molecule has 5 heteroatoms. The fraction of sp³-hybridized carbons (Fsp3) is 0.105. The summed E-state index contributed by atoms with van der Waals surface area (Å²) in [6.45, 7) is 2.05. The normalized spacial score (nSPS) is 12.4. The fourth-order valence-corrected chi connectivity index (χ4v) is 2.80. The molecule has 0 fully saturated rings. The number of rotatable bonds is 2. The Labute approximate surface area is 137 Å². The predicted octanol–water partition coefficient (Wildman–Crippen LogP) is 3.68. The molecule has 0 atom stereocenters. The molecule has 0 amide bonds. The second kappa shape index (κ2) is 5.53. The van der Waals surface area contributed by atoms with E-state index in [2.05, 4.69) is 0 Å². The van der Waals surface area contributed by atoms with Crippen LogP contribution in [0.1, 0.15) is 5.56 Å². The molecule has 3 aromatic rings. The quantitative estimate of drug-likeness (QED) is 0.722. The Kier molecular flexibility index (Phi) is 3.34. The molecule has 1 aliphatic rings. The summed E-state index contributed by atoms with van der Waals surface area (Å²) in [5, 5.41) is 0. The SMILES string of the molecule is Cc1cc(=O)n(-c2ccc3c(c2)OCO3)cc1-c1ccc(F)cc1. The largest absolute Gasteiger partial charge is 0.454 e. The van der Waals surface area contributed by atoms with E-state index in [-0.39, 0.29) is 18.2 Å². The number of hydrogen-bond donors (Lipinski definition) is 0. The van der Waals surface area contributed by atoms with Crippen molar-refractivity contribution in [2.24, 2.45) is 0 Å². The van der Waals surface area contributed by atoms with Crippen molar-refractivity contribution in [2.45, 2.75) is 6.92 Å². The minimum absolute atomic E-state index is 0.141. The van der Waals surface area contributed by atoms with E-state index in [1.54, 1.807) is 47.2 Å². The zero-order valence-corrected chi connectivity index (χ0v) is 13.0. The molecule has 1 aliphatic heterocycles. The van der Waals surface area contributed by atoms with Crippen LogP contribution >= 0.6 is 0 Å². The molecule has 0 aliphatic carbocycles. The summed E-state index contributed by atoms with van der Waals surface area (Å²) in [4.78, 5) is 12.4. The van der Waals surface area contributed by atoms with Gasteiger partial charge in [0.15, 0.2) is 11.5 Å². The highest BCUT2D eigenvalue weighted by Gasteiger charge is 2.15. The van der Waals surface area contributed by atoms with Gasteiger partial charge in [-0.25, -0.2) is 4.39 Å². The average molecular weight is 323 g/mol. The Morgan fingerprint density at radius 3 is 2.54 bits per heavy atom. The number of ether oxygens (including phenoxy) is 2. The summed E-state index contributed by atoms with van der Waals surface area (Å²) in [7, 11) is 0. The van der Waals surface area contributed by atoms with E-state index in [1.165, 1.54) is 12.1 Å². The third-order valence-corrected chi connectivity index (χ3v) is 4.05. The lowest BCUT2D eigenvalue weighted by Gasteiger charge is -2.12. The lowest BCUT2D eigenvalue weighted by atomic mass is 10.0. The molecule has 0 saturated carbocycles. The second-order valence-electron chi connectivity index (χ2n) is 5.62. The van der Waals surface area contributed by atoms with E-state index in [0.717, 1.165) is 16.7 Å². The molecule has 0 unspecified atom stereocenters. The van der Waals surface area contributed by atoms with Crippen LogP contribution in [0.25, 0.3) is 16.8 Å². The van der Waals surface area contributed by atoms with Gasteiger partial charge in [0.05, 0.1) is 5.69 Å². The van der Waals surface area contributed by atoms with Crippen LogP contribution in [0.2, 0.25) is 0 Å². The van der Waals surface area contributed by atoms with Gasteiger partial charge < -0.3 is 9.47 Å². The molecule has 1 aromatic heterocycles. The predicted molar refractivity (Wildman–Crippen MR) is 88.3 cm³/mol. The van der Waals surface area contributed by atoms with Crippen molar-refractivity contribution in [1.82, 2.24) is 4.57 Å². The summed E-state index contributed by atoms with van der Waals surface area (Å²) >= 11 is 0. The van der Waals surface area contributed by atoms with Crippen molar-refractivity contribution in [3.05, 3.63) is 76.5 Å². The van der Waals surface area contributed by atoms with Crippen molar-refractivity contribution in [3.63, 3.8) is 0 Å². The van der Waals surface area contributed by atoms with Gasteiger partial charge in [0, 0.05) is 23.9 Å². The van der Waals surface area contributed by atoms with E-state index in [1.807, 2.05) is 6.92 Å². The van der Waals surface area contributed by atoms with Gasteiger partial charge in [0.1, 0.15) is 5.82 Å². The van der Waals surface area contributed by atoms with Gasteiger partial charge in [-0.15, -0.1) is 0 Å². The van der Waals surface area contributed by atoms with Crippen molar-refractivity contribution >= 4 is 0 Å². The topological polar surface area (TPSA) is 40.5 Å². The van der Waals surface area contributed by atoms with Crippen LogP contribution in [-0.2, 0) is 0 Å². The van der Waals surface area contributed by atoms with Crippen molar-refractivity contribution in [3.8, 4) is 28.3 Å². The van der Waals surface area contributed by atoms with E-state index in [0.29, 0.717) is 17.2 Å². The summed E-state index contributed by atoms with van der Waals surface area (Å²) in [5.41, 5.74) is 3.10.